The van der Waals surface area contributed by atoms with Crippen LogP contribution in [0.2, 0.25) is 0 Å². The Morgan fingerprint density at radius 2 is 0.500 bits per heavy atom. The molecule has 10 heteroatoms. The van der Waals surface area contributed by atoms with E-state index in [-0.39, 0.29) is 0 Å². The minimum atomic E-state index is 0.468. The molecule has 404 valence electrons. The Morgan fingerprint density at radius 3 is 0.907 bits per heavy atom. The molecule has 3 aromatic heterocycles. The van der Waals surface area contributed by atoms with Crippen molar-refractivity contribution in [2.45, 2.75) is 0 Å². The van der Waals surface area contributed by atoms with Crippen molar-refractivity contribution in [1.82, 2.24) is 39.9 Å². The molecule has 86 heavy (non-hydrogen) atoms. The summed E-state index contributed by atoms with van der Waals surface area (Å²) in [6.07, 6.45) is 0. The van der Waals surface area contributed by atoms with Crippen LogP contribution in [0.15, 0.2) is 303 Å². The minimum absolute atomic E-state index is 0.468. The van der Waals surface area contributed by atoms with Crippen LogP contribution in [-0.2, 0) is 0 Å². The van der Waals surface area contributed by atoms with Crippen molar-refractivity contribution in [3.8, 4) is 113 Å². The summed E-state index contributed by atoms with van der Waals surface area (Å²) >= 11 is 0. The minimum Gasteiger partial charge on any atom is -0.305 e. The van der Waals surface area contributed by atoms with E-state index in [1.54, 1.807) is 0 Å². The van der Waals surface area contributed by atoms with Crippen LogP contribution < -0.4 is 9.80 Å². The molecule has 4 heterocycles. The first-order valence-corrected chi connectivity index (χ1v) is 28.5. The van der Waals surface area contributed by atoms with Gasteiger partial charge in [0.25, 0.3) is 0 Å². The Bertz CT molecular complexity index is 4510. The molecule has 0 saturated carbocycles. The summed E-state index contributed by atoms with van der Waals surface area (Å²) in [5, 5.41) is 0. The second kappa shape index (κ2) is 22.5. The van der Waals surface area contributed by atoms with E-state index in [0.29, 0.717) is 46.6 Å². The fourth-order valence-corrected chi connectivity index (χ4v) is 11.3. The molecule has 0 aliphatic carbocycles. The number of hydrogen-bond donors (Lipinski definition) is 0. The predicted molar refractivity (Wildman–Crippen MR) is 346 cm³/mol. The largest absolute Gasteiger partial charge is 0.305 e. The fraction of sp³-hybridized carbons (Fsp3) is 0. The third kappa shape index (κ3) is 9.68. The molecule has 0 radical (unpaired) electrons. The number of rotatable bonds is 12. The topological polar surface area (TPSA) is 110 Å². The lowest BCUT2D eigenvalue weighted by molar-refractivity contribution is 1.01. The lowest BCUT2D eigenvalue weighted by atomic mass is 9.84. The monoisotopic (exact) mass is 1100 g/mol. The molecule has 1 aliphatic heterocycles. The van der Waals surface area contributed by atoms with Gasteiger partial charge in [-0.2, -0.15) is 9.97 Å². The molecule has 0 bridgehead atoms. The molecule has 11 aromatic carbocycles. The van der Waals surface area contributed by atoms with Crippen LogP contribution in [0.25, 0.3) is 113 Å². The summed E-state index contributed by atoms with van der Waals surface area (Å²) in [5.74, 6) is 3.73. The lowest BCUT2D eigenvalue weighted by Gasteiger charge is -2.41. The summed E-state index contributed by atoms with van der Waals surface area (Å²) < 4.78 is 0. The van der Waals surface area contributed by atoms with Crippen LogP contribution in [0.1, 0.15) is 0 Å². The highest BCUT2D eigenvalue weighted by Crippen LogP contribution is 2.60. The Balaban J connectivity index is 1.09. The van der Waals surface area contributed by atoms with Gasteiger partial charge in [-0.1, -0.05) is 267 Å². The van der Waals surface area contributed by atoms with Crippen molar-refractivity contribution in [1.29, 1.82) is 0 Å². The SMILES string of the molecule is c1ccc(-c2cc(-c3c(-c4ccccc4)c(-c4nc(-c5ccccc5)nc(-c5ccccc5)n4)cc(-c4ccccc4)c3N3c4ccccc4N(c4nc(-c5ccccc5)nc(-c5ccccc5)n4)c4ccccc43)nc(-c3ccccc3)n2)cc1. The maximum Gasteiger partial charge on any atom is 0.238 e. The molecule has 0 spiro atoms. The molecular formula is C76H50N10. The number of nitrogens with zero attached hydrogens (tertiary/aromatic N) is 10. The zero-order valence-corrected chi connectivity index (χ0v) is 46.3. The Labute approximate surface area is 497 Å². The Morgan fingerprint density at radius 1 is 0.198 bits per heavy atom. The molecule has 0 atom stereocenters. The van der Waals surface area contributed by atoms with Crippen molar-refractivity contribution in [2.75, 3.05) is 9.80 Å². The van der Waals surface area contributed by atoms with E-state index >= 15 is 0 Å². The molecule has 0 N–H and O–H groups in total. The van der Waals surface area contributed by atoms with Gasteiger partial charge in [-0.05, 0) is 47.5 Å². The average molecular weight is 1100 g/mol. The van der Waals surface area contributed by atoms with Crippen LogP contribution in [0.3, 0.4) is 0 Å². The standard InChI is InChI=1S/C76H50N10/c1-9-29-51(30-10-1)59-49-60(75-81-71(55-37-17-5-18-38-55)79-72(82-75)56-39-19-6-20-40-56)67(53-33-13-3-14-34-53)68(62-50-61(52-31-11-2-12-32-52)77-70(78-62)54-35-15-4-16-36-54)69(59)85-63-45-25-27-47-65(63)86(66-48-28-26-46-64(66)85)76-83-73(57-41-21-7-22-42-57)80-74(84-76)58-43-23-8-24-44-58/h1-50H. The van der Waals surface area contributed by atoms with Crippen LogP contribution >= 0.6 is 0 Å². The number of aromatic nitrogens is 8. The van der Waals surface area contributed by atoms with Gasteiger partial charge in [0.2, 0.25) is 5.95 Å². The van der Waals surface area contributed by atoms with Gasteiger partial charge in [0, 0.05) is 55.6 Å². The number of anilines is 6. The zero-order valence-electron chi connectivity index (χ0n) is 46.3. The maximum atomic E-state index is 5.76. The third-order valence-electron chi connectivity index (χ3n) is 15.3. The van der Waals surface area contributed by atoms with E-state index in [9.17, 15) is 0 Å². The number of para-hydroxylation sites is 4. The van der Waals surface area contributed by atoms with Gasteiger partial charge in [0.1, 0.15) is 0 Å². The summed E-state index contributed by atoms with van der Waals surface area (Å²) in [6, 6.07) is 104. The highest BCUT2D eigenvalue weighted by Gasteiger charge is 2.37. The molecular weight excluding hydrogens is 1050 g/mol. The quantitative estimate of drug-likeness (QED) is 0.117. The van der Waals surface area contributed by atoms with Gasteiger partial charge < -0.3 is 4.90 Å². The second-order valence-corrected chi connectivity index (χ2v) is 20.7. The summed E-state index contributed by atoms with van der Waals surface area (Å²) in [6.45, 7) is 0. The maximum absolute atomic E-state index is 5.76. The Kier molecular flexibility index (Phi) is 13.3. The van der Waals surface area contributed by atoms with Crippen molar-refractivity contribution < 1.29 is 0 Å². The van der Waals surface area contributed by atoms with Gasteiger partial charge in [-0.15, -0.1) is 0 Å². The van der Waals surface area contributed by atoms with Gasteiger partial charge in [-0.3, -0.25) is 4.90 Å². The Hall–Kier alpha value is -11.9. The van der Waals surface area contributed by atoms with Crippen molar-refractivity contribution in [3.05, 3.63) is 303 Å². The number of hydrogen-bond acceptors (Lipinski definition) is 10. The fourth-order valence-electron chi connectivity index (χ4n) is 11.3. The van der Waals surface area contributed by atoms with Gasteiger partial charge in [0.05, 0.1) is 39.8 Å². The second-order valence-electron chi connectivity index (χ2n) is 20.7. The molecule has 0 unspecified atom stereocenters. The van der Waals surface area contributed by atoms with Gasteiger partial charge >= 0.3 is 0 Å². The van der Waals surface area contributed by atoms with E-state index in [0.717, 1.165) is 101 Å². The zero-order chi connectivity index (χ0) is 57.2. The van der Waals surface area contributed by atoms with Crippen molar-refractivity contribution >= 4 is 34.4 Å². The number of benzene rings is 11. The van der Waals surface area contributed by atoms with Gasteiger partial charge in [-0.25, -0.2) is 29.9 Å². The lowest BCUT2D eigenvalue weighted by Crippen LogP contribution is -2.26. The first kappa shape index (κ1) is 51.0. The van der Waals surface area contributed by atoms with E-state index < -0.39 is 0 Å². The van der Waals surface area contributed by atoms with E-state index in [2.05, 4.69) is 168 Å². The highest BCUT2D eigenvalue weighted by atomic mass is 15.3. The predicted octanol–water partition coefficient (Wildman–Crippen LogP) is 18.8. The molecule has 1 aliphatic rings. The van der Waals surface area contributed by atoms with Crippen LogP contribution in [0.4, 0.5) is 34.4 Å². The smallest absolute Gasteiger partial charge is 0.238 e. The first-order chi connectivity index (χ1) is 42.7. The van der Waals surface area contributed by atoms with Crippen molar-refractivity contribution in [3.63, 3.8) is 0 Å². The summed E-state index contributed by atoms with van der Waals surface area (Å²) in [4.78, 5) is 47.8. The molecule has 0 amide bonds. The van der Waals surface area contributed by atoms with E-state index in [1.807, 2.05) is 146 Å². The van der Waals surface area contributed by atoms with E-state index in [4.69, 9.17) is 39.9 Å². The third-order valence-corrected chi connectivity index (χ3v) is 15.3. The van der Waals surface area contributed by atoms with Crippen molar-refractivity contribution in [2.24, 2.45) is 0 Å². The van der Waals surface area contributed by atoms with E-state index in [1.165, 1.54) is 0 Å². The van der Waals surface area contributed by atoms with Gasteiger partial charge in [0.15, 0.2) is 34.9 Å². The molecule has 15 rings (SSSR count). The summed E-state index contributed by atoms with van der Waals surface area (Å²) in [5.41, 5.74) is 16.3. The van der Waals surface area contributed by atoms with Crippen LogP contribution in [0, 0.1) is 0 Å². The number of fused-ring (bicyclic) bond motifs is 2. The van der Waals surface area contributed by atoms with Crippen LogP contribution in [0.5, 0.6) is 0 Å². The highest BCUT2D eigenvalue weighted by molar-refractivity contribution is 6.12. The molecule has 0 fully saturated rings. The summed E-state index contributed by atoms with van der Waals surface area (Å²) in [7, 11) is 0. The van der Waals surface area contributed by atoms with Crippen LogP contribution in [-0.4, -0.2) is 39.9 Å². The molecule has 10 nitrogen and oxygen atoms in total. The molecule has 14 aromatic rings. The average Bonchev–Trinajstić information content (AvgIpc) is 1.07. The first-order valence-electron chi connectivity index (χ1n) is 28.5. The normalized spacial score (nSPS) is 11.7. The molecule has 0 saturated heterocycles.